The van der Waals surface area contributed by atoms with E-state index in [1.807, 2.05) is 30.3 Å². The minimum atomic E-state index is -1.57. The number of aliphatic hydroxyl groups excluding tert-OH is 2. The van der Waals surface area contributed by atoms with E-state index in [0.29, 0.717) is 0 Å². The molecule has 1 heterocycles. The second-order valence-corrected chi connectivity index (χ2v) is 6.74. The van der Waals surface area contributed by atoms with E-state index < -0.39 is 41.7 Å². The van der Waals surface area contributed by atoms with Gasteiger partial charge in [-0.1, -0.05) is 44.2 Å². The van der Waals surface area contributed by atoms with Crippen molar-refractivity contribution in [3.63, 3.8) is 0 Å². The first-order valence-corrected chi connectivity index (χ1v) is 7.45. The van der Waals surface area contributed by atoms with E-state index in [0.717, 1.165) is 5.56 Å². The van der Waals surface area contributed by atoms with Crippen LogP contribution < -0.4 is 5.73 Å². The predicted octanol–water partition coefficient (Wildman–Crippen LogP) is -0.252. The van der Waals surface area contributed by atoms with Crippen LogP contribution in [-0.4, -0.2) is 51.6 Å². The third kappa shape index (κ3) is 2.03. The summed E-state index contributed by atoms with van der Waals surface area (Å²) < 4.78 is 11.3. The Labute approximate surface area is 129 Å². The molecule has 6 nitrogen and oxygen atoms in total. The molecule has 0 radical (unpaired) electrons. The van der Waals surface area contributed by atoms with Gasteiger partial charge in [0.25, 0.3) is 0 Å². The quantitative estimate of drug-likeness (QED) is 0.613. The van der Waals surface area contributed by atoms with Gasteiger partial charge >= 0.3 is 0 Å². The molecule has 1 aliphatic heterocycles. The largest absolute Gasteiger partial charge is 0.390 e. The maximum absolute atomic E-state index is 10.7. The maximum atomic E-state index is 10.7. The third-order valence-corrected chi connectivity index (χ3v) is 5.16. The summed E-state index contributed by atoms with van der Waals surface area (Å²) in [5.74, 6) is 0. The molecule has 6 atom stereocenters. The number of benzene rings is 1. The molecule has 1 aromatic carbocycles. The van der Waals surface area contributed by atoms with Crippen molar-refractivity contribution in [3.05, 3.63) is 35.9 Å². The van der Waals surface area contributed by atoms with Gasteiger partial charge in [0.15, 0.2) is 6.29 Å². The van der Waals surface area contributed by atoms with Crippen molar-refractivity contribution in [3.8, 4) is 0 Å². The van der Waals surface area contributed by atoms with Gasteiger partial charge in [0.1, 0.15) is 17.8 Å². The standard InChI is InChI=1S/C16H23NO5/c1-15(2)12(19)13-16(15,20)11(18)10(17)14(22-13)21-8-9-6-4-3-5-7-9/h3-7,10-14,18-20H,8,17H2,1-2H3/t10-,11-,12?,13-,14-,16+/m1/s1. The van der Waals surface area contributed by atoms with E-state index in [4.69, 9.17) is 15.2 Å². The van der Waals surface area contributed by atoms with Crippen LogP contribution in [0.4, 0.5) is 0 Å². The molecular weight excluding hydrogens is 286 g/mol. The molecule has 0 bridgehead atoms. The van der Waals surface area contributed by atoms with Crippen LogP contribution in [0.25, 0.3) is 0 Å². The lowest BCUT2D eigenvalue weighted by atomic mass is 9.50. The Morgan fingerprint density at radius 2 is 1.82 bits per heavy atom. The first-order valence-electron chi connectivity index (χ1n) is 7.45. The van der Waals surface area contributed by atoms with E-state index in [1.165, 1.54) is 0 Å². The highest BCUT2D eigenvalue weighted by Crippen LogP contribution is 2.56. The van der Waals surface area contributed by atoms with E-state index in [-0.39, 0.29) is 6.61 Å². The fourth-order valence-corrected chi connectivity index (χ4v) is 3.43. The highest BCUT2D eigenvalue weighted by Gasteiger charge is 2.74. The minimum absolute atomic E-state index is 0.274. The minimum Gasteiger partial charge on any atom is -0.390 e. The molecule has 1 aromatic rings. The van der Waals surface area contributed by atoms with Gasteiger partial charge in [-0.05, 0) is 5.56 Å². The molecule has 6 heteroatoms. The molecule has 0 aromatic heterocycles. The molecule has 3 rings (SSSR count). The highest BCUT2D eigenvalue weighted by atomic mass is 16.7. The Balaban J connectivity index is 1.71. The summed E-state index contributed by atoms with van der Waals surface area (Å²) in [6.07, 6.45) is -3.91. The SMILES string of the molecule is CC1(C)C(O)[C@H]2O[C@@H](OCc3ccccc3)[C@H](N)[C@@H](O)[C@]21O. The number of nitrogens with two attached hydrogens (primary N) is 1. The molecule has 0 spiro atoms. The van der Waals surface area contributed by atoms with Gasteiger partial charge in [-0.25, -0.2) is 0 Å². The van der Waals surface area contributed by atoms with Crippen LogP contribution in [0.2, 0.25) is 0 Å². The summed E-state index contributed by atoms with van der Waals surface area (Å²) in [7, 11) is 0. The molecule has 1 unspecified atom stereocenters. The average Bonchev–Trinajstić information content (AvgIpc) is 2.52. The van der Waals surface area contributed by atoms with Gasteiger partial charge in [-0.3, -0.25) is 0 Å². The van der Waals surface area contributed by atoms with Crippen LogP contribution in [0.5, 0.6) is 0 Å². The van der Waals surface area contributed by atoms with Crippen LogP contribution in [0.1, 0.15) is 19.4 Å². The third-order valence-electron chi connectivity index (χ3n) is 5.16. The van der Waals surface area contributed by atoms with Gasteiger partial charge in [0.2, 0.25) is 0 Å². The van der Waals surface area contributed by atoms with Crippen molar-refractivity contribution < 1.29 is 24.8 Å². The molecule has 2 fully saturated rings. The Hall–Kier alpha value is -1.02. The van der Waals surface area contributed by atoms with Gasteiger partial charge < -0.3 is 30.5 Å². The number of aliphatic hydroxyl groups is 3. The van der Waals surface area contributed by atoms with E-state index >= 15 is 0 Å². The van der Waals surface area contributed by atoms with Gasteiger partial charge in [0, 0.05) is 5.41 Å². The zero-order valence-electron chi connectivity index (χ0n) is 12.7. The lowest BCUT2D eigenvalue weighted by Gasteiger charge is -2.66. The summed E-state index contributed by atoms with van der Waals surface area (Å²) in [4.78, 5) is 0. The van der Waals surface area contributed by atoms with Crippen LogP contribution in [0, 0.1) is 5.41 Å². The van der Waals surface area contributed by atoms with E-state index in [9.17, 15) is 15.3 Å². The Morgan fingerprint density at radius 1 is 1.18 bits per heavy atom. The highest BCUT2D eigenvalue weighted by molar-refractivity contribution is 5.24. The summed E-state index contributed by atoms with van der Waals surface area (Å²) in [6, 6.07) is 8.61. The van der Waals surface area contributed by atoms with Crippen LogP contribution in [-0.2, 0) is 16.1 Å². The average molecular weight is 309 g/mol. The second kappa shape index (κ2) is 5.26. The van der Waals surface area contributed by atoms with Crippen LogP contribution in [0.3, 0.4) is 0 Å². The zero-order valence-corrected chi connectivity index (χ0v) is 12.7. The smallest absolute Gasteiger partial charge is 0.176 e. The molecule has 22 heavy (non-hydrogen) atoms. The van der Waals surface area contributed by atoms with Crippen molar-refractivity contribution in [1.29, 1.82) is 0 Å². The maximum Gasteiger partial charge on any atom is 0.176 e. The number of hydrogen-bond acceptors (Lipinski definition) is 6. The van der Waals surface area contributed by atoms with E-state index in [2.05, 4.69) is 0 Å². The fourth-order valence-electron chi connectivity index (χ4n) is 3.43. The summed E-state index contributed by atoms with van der Waals surface area (Å²) in [5, 5.41) is 31.3. The molecule has 0 amide bonds. The van der Waals surface area contributed by atoms with Crippen LogP contribution >= 0.6 is 0 Å². The normalized spacial score (nSPS) is 43.3. The van der Waals surface area contributed by atoms with Crippen molar-refractivity contribution in [2.45, 2.75) is 56.7 Å². The topological polar surface area (TPSA) is 105 Å². The number of fused-ring (bicyclic) bond motifs is 1. The first-order chi connectivity index (χ1) is 10.3. The summed E-state index contributed by atoms with van der Waals surface area (Å²) in [5.41, 5.74) is 4.47. The number of ether oxygens (including phenoxy) is 2. The molecular formula is C16H23NO5. The lowest BCUT2D eigenvalue weighted by Crippen LogP contribution is -2.86. The van der Waals surface area contributed by atoms with Gasteiger partial charge in [0.05, 0.1) is 18.8 Å². The van der Waals surface area contributed by atoms with Crippen molar-refractivity contribution in [2.75, 3.05) is 0 Å². The predicted molar refractivity (Wildman–Crippen MR) is 78.6 cm³/mol. The molecule has 122 valence electrons. The first kappa shape index (κ1) is 15.9. The van der Waals surface area contributed by atoms with Crippen molar-refractivity contribution in [2.24, 2.45) is 11.1 Å². The molecule has 5 N–H and O–H groups in total. The van der Waals surface area contributed by atoms with E-state index in [1.54, 1.807) is 13.8 Å². The summed E-state index contributed by atoms with van der Waals surface area (Å²) >= 11 is 0. The molecule has 2 aliphatic rings. The lowest BCUT2D eigenvalue weighted by molar-refractivity contribution is -0.405. The Kier molecular flexibility index (Phi) is 3.79. The number of rotatable bonds is 3. The summed E-state index contributed by atoms with van der Waals surface area (Å²) in [6.45, 7) is 3.63. The van der Waals surface area contributed by atoms with Gasteiger partial charge in [-0.15, -0.1) is 0 Å². The Bertz CT molecular complexity index is 533. The Morgan fingerprint density at radius 3 is 2.45 bits per heavy atom. The van der Waals surface area contributed by atoms with Crippen LogP contribution in [0.15, 0.2) is 30.3 Å². The van der Waals surface area contributed by atoms with Gasteiger partial charge in [-0.2, -0.15) is 0 Å². The van der Waals surface area contributed by atoms with Crippen molar-refractivity contribution >= 4 is 0 Å². The fraction of sp³-hybridized carbons (Fsp3) is 0.625. The zero-order chi connectivity index (χ0) is 16.1. The second-order valence-electron chi connectivity index (χ2n) is 6.74. The number of hydrogen-bond donors (Lipinski definition) is 4. The molecule has 1 aliphatic carbocycles. The monoisotopic (exact) mass is 309 g/mol. The molecule has 1 saturated carbocycles. The molecule has 1 saturated heterocycles. The van der Waals surface area contributed by atoms with Crippen molar-refractivity contribution in [1.82, 2.24) is 0 Å².